The van der Waals surface area contributed by atoms with E-state index in [-0.39, 0.29) is 0 Å². The van der Waals surface area contributed by atoms with Gasteiger partial charge in [0.05, 0.1) is 5.41 Å². The number of fused-ring (bicyclic) bond motifs is 3. The number of anilines is 11. The second-order valence-electron chi connectivity index (χ2n) is 19.7. The average molecular weight is 1000 g/mol. The van der Waals surface area contributed by atoms with E-state index in [1.54, 1.807) is 0 Å². The van der Waals surface area contributed by atoms with E-state index < -0.39 is 5.41 Å². The molecule has 0 fully saturated rings. The minimum absolute atomic E-state index is 0.803. The highest BCUT2D eigenvalue weighted by molar-refractivity contribution is 5.92. The van der Waals surface area contributed by atoms with Gasteiger partial charge in [0.15, 0.2) is 0 Å². The molecule has 4 heteroatoms. The molecule has 0 radical (unpaired) electrons. The highest BCUT2D eigenvalue weighted by Gasteiger charge is 2.47. The summed E-state index contributed by atoms with van der Waals surface area (Å²) in [5.74, 6) is 0. The van der Waals surface area contributed by atoms with Crippen LogP contribution in [0.3, 0.4) is 0 Å². The van der Waals surface area contributed by atoms with Crippen molar-refractivity contribution in [1.29, 1.82) is 0 Å². The molecule has 2 aliphatic rings. The number of benzene rings is 11. The minimum atomic E-state index is -0.891. The Bertz CT molecular complexity index is 3670. The highest BCUT2D eigenvalue weighted by atomic mass is 15.2. The molecule has 0 N–H and O–H groups in total. The smallest absolute Gasteiger partial charge is 0.0716 e. The number of hydrogen-bond acceptors (Lipinski definition) is 4. The van der Waals surface area contributed by atoms with E-state index in [1.807, 2.05) is 0 Å². The fourth-order valence-corrected chi connectivity index (χ4v) is 11.7. The largest absolute Gasteiger partial charge is 0.311 e. The Morgan fingerprint density at radius 1 is 0.256 bits per heavy atom. The van der Waals surface area contributed by atoms with E-state index in [0.717, 1.165) is 85.8 Å². The van der Waals surface area contributed by atoms with Crippen molar-refractivity contribution in [3.63, 3.8) is 0 Å². The van der Waals surface area contributed by atoms with Crippen molar-refractivity contribution in [2.45, 2.75) is 11.8 Å². The van der Waals surface area contributed by atoms with Gasteiger partial charge in [-0.05, 0) is 167 Å². The normalized spacial score (nSPS) is 12.9. The molecule has 0 heterocycles. The van der Waals surface area contributed by atoms with Gasteiger partial charge in [-0.3, -0.25) is 0 Å². The van der Waals surface area contributed by atoms with Crippen LogP contribution in [0.2, 0.25) is 0 Å². The molecule has 0 bridgehead atoms. The number of allylic oxidation sites excluding steroid dienone is 5. The third-order valence-corrected chi connectivity index (χ3v) is 15.0. The lowest BCUT2D eigenvalue weighted by molar-refractivity contribution is 0.768. The molecule has 0 spiro atoms. The Hall–Kier alpha value is -10.2. The Kier molecular flexibility index (Phi) is 12.9. The third-order valence-electron chi connectivity index (χ3n) is 15.0. The van der Waals surface area contributed by atoms with Crippen LogP contribution in [0.1, 0.15) is 28.7 Å². The summed E-state index contributed by atoms with van der Waals surface area (Å²) in [6, 6.07) is 108. The Labute approximate surface area is 458 Å². The van der Waals surface area contributed by atoms with Crippen molar-refractivity contribution in [3.05, 3.63) is 356 Å². The highest BCUT2D eigenvalue weighted by Crippen LogP contribution is 2.59. The molecule has 0 aromatic heterocycles. The van der Waals surface area contributed by atoms with E-state index in [9.17, 15) is 0 Å². The van der Waals surface area contributed by atoms with E-state index in [4.69, 9.17) is 0 Å². The minimum Gasteiger partial charge on any atom is -0.311 e. The van der Waals surface area contributed by atoms with Crippen LogP contribution >= 0.6 is 0 Å². The lowest BCUT2D eigenvalue weighted by Gasteiger charge is -2.38. The van der Waals surface area contributed by atoms with Gasteiger partial charge in [0.2, 0.25) is 0 Å². The maximum Gasteiger partial charge on any atom is 0.0716 e. The summed E-state index contributed by atoms with van der Waals surface area (Å²) in [6.07, 6.45) is 11.9. The first kappa shape index (κ1) is 47.5. The van der Waals surface area contributed by atoms with Crippen molar-refractivity contribution in [2.24, 2.45) is 0 Å². The standard InChI is InChI=1S/C74H56N4/c1-2-11-31-58(30-10-1)75(59-32-12-3-13-33-59)66-50-56(51-67(54-66)76(60-34-14-4-15-35-60)61-36-16-5-17-37-61)74(72-48-28-26-46-70(72)71-47-27-29-49-73(71)74)57-52-68(77(62-38-18-6-19-39-62)63-40-20-7-21-41-63)55-69(53-57)78(64-42-22-8-23-43-64)65-44-24-9-25-45-65/h1-10,12-55H,11H2. The molecule has 0 atom stereocenters. The Morgan fingerprint density at radius 3 is 0.872 bits per heavy atom. The zero-order valence-corrected chi connectivity index (χ0v) is 43.2. The first-order valence-corrected chi connectivity index (χ1v) is 26.8. The molecule has 0 aliphatic heterocycles. The van der Waals surface area contributed by atoms with Crippen LogP contribution in [-0.4, -0.2) is 0 Å². The first-order valence-electron chi connectivity index (χ1n) is 26.8. The van der Waals surface area contributed by atoms with Crippen molar-refractivity contribution in [2.75, 3.05) is 19.6 Å². The topological polar surface area (TPSA) is 13.0 Å². The molecule has 11 aromatic carbocycles. The fourth-order valence-electron chi connectivity index (χ4n) is 11.7. The van der Waals surface area contributed by atoms with Crippen LogP contribution in [0.25, 0.3) is 11.1 Å². The molecule has 11 aromatic rings. The SMILES string of the molecule is C1=CCC=C(N(c2ccccc2)c2cc(N(c3ccccc3)c3ccccc3)cc(C3(c4cc(N(c5ccccc5)c5ccccc5)cc(N(c5ccccc5)c5ccccc5)c4)c4ccccc4-c4ccccc43)c2)C=C1. The Balaban J connectivity index is 1.19. The van der Waals surface area contributed by atoms with E-state index >= 15 is 0 Å². The predicted octanol–water partition coefficient (Wildman–Crippen LogP) is 20.0. The van der Waals surface area contributed by atoms with Crippen molar-refractivity contribution < 1.29 is 0 Å². The van der Waals surface area contributed by atoms with Crippen molar-refractivity contribution in [1.82, 2.24) is 0 Å². The molecule has 0 saturated carbocycles. The lowest BCUT2D eigenvalue weighted by Crippen LogP contribution is -2.30. The van der Waals surface area contributed by atoms with E-state index in [1.165, 1.54) is 22.3 Å². The number of rotatable bonds is 14. The summed E-state index contributed by atoms with van der Waals surface area (Å²) in [5.41, 5.74) is 18.8. The van der Waals surface area contributed by atoms with Crippen LogP contribution in [0.4, 0.5) is 62.6 Å². The van der Waals surface area contributed by atoms with Gasteiger partial charge in [0.1, 0.15) is 0 Å². The lowest BCUT2D eigenvalue weighted by atomic mass is 9.67. The third kappa shape index (κ3) is 8.85. The van der Waals surface area contributed by atoms with Crippen LogP contribution in [0, 0.1) is 0 Å². The van der Waals surface area contributed by atoms with Crippen LogP contribution in [-0.2, 0) is 5.41 Å². The van der Waals surface area contributed by atoms with Crippen molar-refractivity contribution in [3.8, 4) is 11.1 Å². The monoisotopic (exact) mass is 1000 g/mol. The molecule has 0 amide bonds. The van der Waals surface area contributed by atoms with Gasteiger partial charge in [0.25, 0.3) is 0 Å². The van der Waals surface area contributed by atoms with Gasteiger partial charge in [-0.25, -0.2) is 0 Å². The summed E-state index contributed by atoms with van der Waals surface area (Å²) in [7, 11) is 0. The van der Waals surface area contributed by atoms with Crippen LogP contribution in [0.15, 0.2) is 333 Å². The van der Waals surface area contributed by atoms with Crippen LogP contribution in [0.5, 0.6) is 0 Å². The summed E-state index contributed by atoms with van der Waals surface area (Å²) < 4.78 is 0. The number of nitrogens with zero attached hydrogens (tertiary/aromatic N) is 4. The van der Waals surface area contributed by atoms with E-state index in [2.05, 4.69) is 347 Å². The molecule has 13 rings (SSSR count). The number of para-hydroxylation sites is 7. The molecular weight excluding hydrogens is 945 g/mol. The molecule has 0 unspecified atom stereocenters. The summed E-state index contributed by atoms with van der Waals surface area (Å²) in [6.45, 7) is 0. The van der Waals surface area contributed by atoms with Gasteiger partial charge in [-0.1, -0.05) is 200 Å². The van der Waals surface area contributed by atoms with Crippen LogP contribution < -0.4 is 19.6 Å². The van der Waals surface area contributed by atoms with Gasteiger partial charge in [-0.2, -0.15) is 0 Å². The second-order valence-corrected chi connectivity index (χ2v) is 19.7. The predicted molar refractivity (Wildman–Crippen MR) is 327 cm³/mol. The summed E-state index contributed by atoms with van der Waals surface area (Å²) >= 11 is 0. The first-order chi connectivity index (χ1) is 38.7. The Morgan fingerprint density at radius 2 is 0.538 bits per heavy atom. The van der Waals surface area contributed by atoms with Gasteiger partial charge in [0, 0.05) is 68.3 Å². The molecule has 78 heavy (non-hydrogen) atoms. The second kappa shape index (κ2) is 21.2. The zero-order chi connectivity index (χ0) is 52.1. The molecule has 4 nitrogen and oxygen atoms in total. The fraction of sp³-hybridized carbons (Fsp3) is 0.0270. The number of hydrogen-bond donors (Lipinski definition) is 0. The average Bonchev–Trinajstić information content (AvgIpc) is 3.67. The van der Waals surface area contributed by atoms with Gasteiger partial charge in [-0.15, -0.1) is 0 Å². The quantitative estimate of drug-likeness (QED) is 0.108. The van der Waals surface area contributed by atoms with Gasteiger partial charge >= 0.3 is 0 Å². The van der Waals surface area contributed by atoms with Crippen molar-refractivity contribution >= 4 is 62.6 Å². The summed E-state index contributed by atoms with van der Waals surface area (Å²) in [4.78, 5) is 9.67. The molecular formula is C74H56N4. The van der Waals surface area contributed by atoms with E-state index in [0.29, 0.717) is 0 Å². The summed E-state index contributed by atoms with van der Waals surface area (Å²) in [5, 5.41) is 0. The molecule has 372 valence electrons. The molecule has 0 saturated heterocycles. The maximum absolute atomic E-state index is 2.47. The maximum atomic E-state index is 2.47. The van der Waals surface area contributed by atoms with Gasteiger partial charge < -0.3 is 19.6 Å². The zero-order valence-electron chi connectivity index (χ0n) is 43.2. The molecule has 2 aliphatic carbocycles.